The summed E-state index contributed by atoms with van der Waals surface area (Å²) in [5.74, 6) is 1.11. The fourth-order valence-corrected chi connectivity index (χ4v) is 15.7. The quantitative estimate of drug-likeness (QED) is 0.0325. The van der Waals surface area contributed by atoms with Crippen LogP contribution in [0.4, 0.5) is 0 Å². The number of rotatable bonds is 84. The van der Waals surface area contributed by atoms with Crippen molar-refractivity contribution in [2.75, 3.05) is 197 Å². The summed E-state index contributed by atoms with van der Waals surface area (Å²) in [6.07, 6.45) is 29.8. The van der Waals surface area contributed by atoms with Crippen molar-refractivity contribution in [2.45, 2.75) is 262 Å². The average Bonchev–Trinajstić information content (AvgIpc) is 1.16. The second kappa shape index (κ2) is 80.9. The molecule has 0 bridgehead atoms. The SMILES string of the molecule is CCCCCCCCSCC(C)C(=O)OCCOC(=O)CCN(CCNCCN(CCC(=O)OCCOC(=O)C(C)CC)CCC(=O)OCCOC(=O)C(C)CSCCCCCCCC)CCNCCN(CCC(=O)OCCOC(=O)C(C)CSCCCCCCCC)CCC(=O)OCCOC(=O)C(C)CSCCCCCCCC. The van der Waals surface area contributed by atoms with Crippen molar-refractivity contribution in [3.05, 3.63) is 0 Å². The largest absolute Gasteiger partial charge is 0.462 e. The molecule has 0 heterocycles. The van der Waals surface area contributed by atoms with E-state index in [1.54, 1.807) is 54.0 Å². The molecule has 29 heteroatoms. The lowest BCUT2D eigenvalue weighted by Crippen LogP contribution is -2.41. The highest BCUT2D eigenvalue weighted by atomic mass is 32.2. The van der Waals surface area contributed by atoms with Gasteiger partial charge in [0, 0.05) is 108 Å². The molecular formula is C86H159N5O20S4. The molecule has 5 atom stereocenters. The van der Waals surface area contributed by atoms with Gasteiger partial charge in [-0.25, -0.2) is 0 Å². The summed E-state index contributed by atoms with van der Waals surface area (Å²) in [6, 6.07) is 0. The van der Waals surface area contributed by atoms with Gasteiger partial charge in [0.2, 0.25) is 0 Å². The minimum Gasteiger partial charge on any atom is -0.462 e. The Morgan fingerprint density at radius 3 is 0.635 bits per heavy atom. The minimum atomic E-state index is -0.492. The van der Waals surface area contributed by atoms with Gasteiger partial charge in [-0.05, 0) is 55.1 Å². The van der Waals surface area contributed by atoms with Gasteiger partial charge in [-0.2, -0.15) is 47.0 Å². The maximum absolute atomic E-state index is 13.2. The first-order valence-electron chi connectivity index (χ1n) is 44.2. The summed E-state index contributed by atoms with van der Waals surface area (Å²) in [5.41, 5.74) is 0. The molecule has 5 unspecified atom stereocenters. The van der Waals surface area contributed by atoms with Crippen LogP contribution in [0.15, 0.2) is 0 Å². The number of hydrogen-bond acceptors (Lipinski definition) is 29. The third-order valence-corrected chi connectivity index (χ3v) is 24.5. The maximum Gasteiger partial charge on any atom is 0.309 e. The predicted octanol–water partition coefficient (Wildman–Crippen LogP) is 14.4. The van der Waals surface area contributed by atoms with Crippen LogP contribution >= 0.6 is 47.0 Å². The van der Waals surface area contributed by atoms with Crippen molar-refractivity contribution in [2.24, 2.45) is 29.6 Å². The second-order valence-corrected chi connectivity index (χ2v) is 34.6. The lowest BCUT2D eigenvalue weighted by Gasteiger charge is -2.25. The van der Waals surface area contributed by atoms with E-state index >= 15 is 0 Å². The van der Waals surface area contributed by atoms with Crippen LogP contribution in [-0.4, -0.2) is 272 Å². The van der Waals surface area contributed by atoms with Crippen LogP contribution in [-0.2, 0) is 95.3 Å². The van der Waals surface area contributed by atoms with Gasteiger partial charge in [0.25, 0.3) is 0 Å². The van der Waals surface area contributed by atoms with Gasteiger partial charge in [0.1, 0.15) is 66.1 Å². The van der Waals surface area contributed by atoms with Crippen LogP contribution in [0.5, 0.6) is 0 Å². The summed E-state index contributed by atoms with van der Waals surface area (Å²) < 4.78 is 54.4. The third kappa shape index (κ3) is 71.4. The Morgan fingerprint density at radius 2 is 0.426 bits per heavy atom. The Bertz CT molecular complexity index is 2390. The molecule has 0 aliphatic heterocycles. The highest BCUT2D eigenvalue weighted by Gasteiger charge is 2.22. The van der Waals surface area contributed by atoms with Gasteiger partial charge in [0.15, 0.2) is 0 Å². The van der Waals surface area contributed by atoms with Gasteiger partial charge in [-0.1, -0.05) is 198 Å². The monoisotopic (exact) mass is 1710 g/mol. The molecule has 0 aromatic rings. The summed E-state index contributed by atoms with van der Waals surface area (Å²) in [7, 11) is 0. The summed E-state index contributed by atoms with van der Waals surface area (Å²) in [4.78, 5) is 135. The van der Waals surface area contributed by atoms with Crippen LogP contribution < -0.4 is 10.6 Å². The Labute approximate surface area is 711 Å². The molecule has 0 fully saturated rings. The van der Waals surface area contributed by atoms with E-state index in [1.807, 2.05) is 44.4 Å². The maximum atomic E-state index is 13.2. The van der Waals surface area contributed by atoms with Crippen LogP contribution in [0, 0.1) is 29.6 Å². The Morgan fingerprint density at radius 1 is 0.243 bits per heavy atom. The van der Waals surface area contributed by atoms with Crippen molar-refractivity contribution < 1.29 is 95.3 Å². The normalized spacial score (nSPS) is 12.7. The Hall–Kier alpha value is -4.10. The van der Waals surface area contributed by atoms with Crippen molar-refractivity contribution in [1.29, 1.82) is 0 Å². The summed E-state index contributed by atoms with van der Waals surface area (Å²) >= 11 is 7.00. The van der Waals surface area contributed by atoms with Gasteiger partial charge >= 0.3 is 59.7 Å². The Kier molecular flexibility index (Phi) is 78.0. The van der Waals surface area contributed by atoms with Gasteiger partial charge in [-0.3, -0.25) is 47.9 Å². The molecule has 0 aliphatic carbocycles. The van der Waals surface area contributed by atoms with Crippen LogP contribution in [0.2, 0.25) is 0 Å². The molecule has 0 amide bonds. The van der Waals surface area contributed by atoms with E-state index in [0.29, 0.717) is 88.3 Å². The molecule has 25 nitrogen and oxygen atoms in total. The number of esters is 10. The fourth-order valence-electron chi connectivity index (χ4n) is 11.4. The number of ether oxygens (including phenoxy) is 10. The molecule has 0 aliphatic rings. The zero-order valence-corrected chi connectivity index (χ0v) is 76.4. The lowest BCUT2D eigenvalue weighted by atomic mass is 10.1. The number of unbranched alkanes of at least 4 members (excludes halogenated alkanes) is 20. The van der Waals surface area contributed by atoms with Crippen molar-refractivity contribution in [3.8, 4) is 0 Å². The molecule has 0 aromatic heterocycles. The number of carbonyl (C=O) groups excluding carboxylic acids is 10. The molecule has 672 valence electrons. The van der Waals surface area contributed by atoms with Crippen LogP contribution in [0.3, 0.4) is 0 Å². The first-order chi connectivity index (χ1) is 55.7. The average molecular weight is 1710 g/mol. The molecular weight excluding hydrogens is 1550 g/mol. The number of carbonyl (C=O) groups is 10. The van der Waals surface area contributed by atoms with Crippen molar-refractivity contribution >= 4 is 107 Å². The van der Waals surface area contributed by atoms with Crippen molar-refractivity contribution in [3.63, 3.8) is 0 Å². The van der Waals surface area contributed by atoms with E-state index in [9.17, 15) is 47.9 Å². The van der Waals surface area contributed by atoms with E-state index in [4.69, 9.17) is 47.4 Å². The van der Waals surface area contributed by atoms with Gasteiger partial charge in [-0.15, -0.1) is 0 Å². The van der Waals surface area contributed by atoms with Crippen LogP contribution in [0.25, 0.3) is 0 Å². The minimum absolute atomic E-state index is 0.00438. The number of nitrogens with one attached hydrogen (secondary N) is 2. The summed E-state index contributed by atoms with van der Waals surface area (Å²) in [5, 5.41) is 6.95. The van der Waals surface area contributed by atoms with Crippen molar-refractivity contribution in [1.82, 2.24) is 25.3 Å². The molecule has 0 aromatic carbocycles. The van der Waals surface area contributed by atoms with E-state index in [-0.39, 0.29) is 184 Å². The Balaban J connectivity index is 6.09. The standard InChI is InChI=1S/C86H159N5O20S4/c1-11-16-20-24-28-32-64-112-68-73(7)83(98)108-60-55-103-78(93)37-46-89(45-36-77(92)102-54-59-107-82(97)72(6)15-5)50-41-87-43-52-91(49-40-81(96)106-58-63-111-86(101)76(10)71-115-67-35-31-27-23-19-14-4)53-44-88-42-51-90(47-38-79(94)104-56-61-109-84(99)74(8)69-113-65-33-29-25-21-17-12-2)48-39-80(95)105-57-62-110-85(100)75(9)70-114-66-34-30-26-22-18-13-3/h72-76,87-88H,11-71H2,1-10H3. The number of nitrogens with zero attached hydrogens (tertiary/aromatic N) is 3. The molecule has 0 saturated carbocycles. The highest BCUT2D eigenvalue weighted by Crippen LogP contribution is 2.19. The molecule has 2 N–H and O–H groups in total. The fraction of sp³-hybridized carbons (Fsp3) is 0.884. The summed E-state index contributed by atoms with van der Waals surface area (Å²) in [6.45, 7) is 24.2. The topological polar surface area (TPSA) is 297 Å². The van der Waals surface area contributed by atoms with E-state index < -0.39 is 29.8 Å². The molecule has 0 spiro atoms. The van der Waals surface area contributed by atoms with E-state index in [2.05, 4.69) is 43.2 Å². The molecule has 115 heavy (non-hydrogen) atoms. The molecule has 0 saturated heterocycles. The zero-order chi connectivity index (χ0) is 84.8. The molecule has 0 radical (unpaired) electrons. The third-order valence-electron chi connectivity index (χ3n) is 19.2. The van der Waals surface area contributed by atoms with E-state index in [0.717, 1.165) is 48.7 Å². The van der Waals surface area contributed by atoms with Gasteiger partial charge < -0.3 is 72.7 Å². The number of thioether (sulfide) groups is 4. The first kappa shape index (κ1) is 111. The lowest BCUT2D eigenvalue weighted by molar-refractivity contribution is -0.155. The zero-order valence-electron chi connectivity index (χ0n) is 73.2. The van der Waals surface area contributed by atoms with Crippen LogP contribution in [0.1, 0.15) is 262 Å². The molecule has 0 rings (SSSR count). The highest BCUT2D eigenvalue weighted by molar-refractivity contribution is 7.99. The van der Waals surface area contributed by atoms with E-state index in [1.165, 1.54) is 128 Å². The van der Waals surface area contributed by atoms with Gasteiger partial charge in [0.05, 0.1) is 61.7 Å². The second-order valence-electron chi connectivity index (χ2n) is 30.0. The first-order valence-corrected chi connectivity index (χ1v) is 48.8. The number of hydrogen-bond donors (Lipinski definition) is 2. The predicted molar refractivity (Wildman–Crippen MR) is 467 cm³/mol. The smallest absolute Gasteiger partial charge is 0.309 e.